The van der Waals surface area contributed by atoms with Crippen LogP contribution in [-0.2, 0) is 9.53 Å². The van der Waals surface area contributed by atoms with E-state index in [1.807, 2.05) is 6.92 Å². The first-order valence-electron chi connectivity index (χ1n) is 5.78. The Balaban J connectivity index is 2.30. The average Bonchev–Trinajstić information content (AvgIpc) is 2.96. The van der Waals surface area contributed by atoms with E-state index in [9.17, 15) is 9.18 Å². The normalized spacial score (nSPS) is 11.2. The molecule has 0 aliphatic rings. The Morgan fingerprint density at radius 1 is 1.50 bits per heavy atom. The van der Waals surface area contributed by atoms with Crippen molar-refractivity contribution in [3.05, 3.63) is 48.4 Å². The van der Waals surface area contributed by atoms with Crippen LogP contribution in [0.15, 0.2) is 37.1 Å². The van der Waals surface area contributed by atoms with E-state index in [-0.39, 0.29) is 11.5 Å². The molecule has 2 rings (SSSR count). The Bertz CT molecular complexity index is 638. The van der Waals surface area contributed by atoms with E-state index >= 15 is 0 Å². The molecule has 2 aromatic rings. The van der Waals surface area contributed by atoms with Crippen LogP contribution in [0, 0.1) is 12.7 Å². The highest BCUT2D eigenvalue weighted by atomic mass is 19.1. The number of nitrogens with one attached hydrogen (secondary N) is 1. The number of benzene rings is 1. The number of anilines is 1. The van der Waals surface area contributed by atoms with Crippen molar-refractivity contribution in [2.45, 2.75) is 6.92 Å². The summed E-state index contributed by atoms with van der Waals surface area (Å²) in [6.07, 6.45) is 4.05. The van der Waals surface area contributed by atoms with Crippen molar-refractivity contribution in [3.63, 3.8) is 0 Å². The first kappa shape index (κ1) is 13.7. The third kappa shape index (κ3) is 3.00. The lowest BCUT2D eigenvalue weighted by Gasteiger charge is -2.08. The van der Waals surface area contributed by atoms with Gasteiger partial charge < -0.3 is 10.1 Å². The number of carbonyl (C=O) groups excluding carboxylic acids is 1. The molecule has 0 saturated carbocycles. The number of aryl methyl sites for hydroxylation is 1. The van der Waals surface area contributed by atoms with Gasteiger partial charge in [-0.2, -0.15) is 5.10 Å². The lowest BCUT2D eigenvalue weighted by Crippen LogP contribution is -2.12. The van der Waals surface area contributed by atoms with E-state index in [1.165, 1.54) is 42.8 Å². The van der Waals surface area contributed by atoms with Gasteiger partial charge in [-0.3, -0.25) is 0 Å². The van der Waals surface area contributed by atoms with Gasteiger partial charge in [0.25, 0.3) is 0 Å². The highest BCUT2D eigenvalue weighted by Gasteiger charge is 2.13. The minimum atomic E-state index is -0.586. The molecule has 104 valence electrons. The van der Waals surface area contributed by atoms with Crippen molar-refractivity contribution in [2.24, 2.45) is 0 Å². The fraction of sp³-hybridized carbons (Fsp3) is 0.154. The lowest BCUT2D eigenvalue weighted by molar-refractivity contribution is -0.134. The van der Waals surface area contributed by atoms with E-state index in [1.54, 1.807) is 6.07 Å². The van der Waals surface area contributed by atoms with Gasteiger partial charge in [-0.15, -0.1) is 0 Å². The standard InChI is InChI=1S/C13H13FN4O2/c1-9-3-4-10(14)5-11(9)16-6-12(13(19)20-2)18-8-15-7-17-18/h3-8,16H,1-2H3. The SMILES string of the molecule is COC(=O)C(=CNc1cc(F)ccc1C)n1cncn1. The van der Waals surface area contributed by atoms with Crippen molar-refractivity contribution < 1.29 is 13.9 Å². The average molecular weight is 276 g/mol. The van der Waals surface area contributed by atoms with Gasteiger partial charge in [0.2, 0.25) is 0 Å². The number of hydrogen-bond donors (Lipinski definition) is 1. The Labute approximate surface area is 114 Å². The van der Waals surface area contributed by atoms with Crippen molar-refractivity contribution in [1.29, 1.82) is 0 Å². The topological polar surface area (TPSA) is 69.0 Å². The summed E-state index contributed by atoms with van der Waals surface area (Å²) in [6, 6.07) is 4.34. The second-order valence-corrected chi connectivity index (χ2v) is 3.96. The highest BCUT2D eigenvalue weighted by Crippen LogP contribution is 2.17. The van der Waals surface area contributed by atoms with Crippen LogP contribution in [-0.4, -0.2) is 27.8 Å². The molecule has 1 aromatic carbocycles. The smallest absolute Gasteiger partial charge is 0.358 e. The van der Waals surface area contributed by atoms with E-state index in [4.69, 9.17) is 0 Å². The molecular formula is C13H13FN4O2. The highest BCUT2D eigenvalue weighted by molar-refractivity contribution is 6.09. The van der Waals surface area contributed by atoms with Crippen molar-refractivity contribution in [1.82, 2.24) is 14.8 Å². The van der Waals surface area contributed by atoms with Gasteiger partial charge in [0.05, 0.1) is 7.11 Å². The molecule has 0 aliphatic carbocycles. The number of carbonyl (C=O) groups is 1. The zero-order chi connectivity index (χ0) is 14.5. The van der Waals surface area contributed by atoms with Crippen LogP contribution in [0.25, 0.3) is 5.70 Å². The number of hydrogen-bond acceptors (Lipinski definition) is 5. The van der Waals surface area contributed by atoms with Gasteiger partial charge in [-0.05, 0) is 24.6 Å². The molecule has 7 heteroatoms. The van der Waals surface area contributed by atoms with Crippen LogP contribution in [0.4, 0.5) is 10.1 Å². The van der Waals surface area contributed by atoms with E-state index in [2.05, 4.69) is 20.1 Å². The monoisotopic (exact) mass is 276 g/mol. The minimum Gasteiger partial charge on any atom is -0.464 e. The van der Waals surface area contributed by atoms with Gasteiger partial charge >= 0.3 is 5.97 Å². The van der Waals surface area contributed by atoms with Crippen molar-refractivity contribution in [3.8, 4) is 0 Å². The van der Waals surface area contributed by atoms with Gasteiger partial charge in [-0.25, -0.2) is 18.9 Å². The Morgan fingerprint density at radius 2 is 2.30 bits per heavy atom. The summed E-state index contributed by atoms with van der Waals surface area (Å²) >= 11 is 0. The van der Waals surface area contributed by atoms with Gasteiger partial charge in [0, 0.05) is 11.9 Å². The molecule has 1 heterocycles. The number of halogens is 1. The summed E-state index contributed by atoms with van der Waals surface area (Å²) in [6.45, 7) is 1.82. The molecule has 0 atom stereocenters. The van der Waals surface area contributed by atoms with Gasteiger partial charge in [0.15, 0.2) is 5.70 Å². The molecule has 20 heavy (non-hydrogen) atoms. The maximum Gasteiger partial charge on any atom is 0.358 e. The Morgan fingerprint density at radius 3 is 2.95 bits per heavy atom. The molecule has 0 saturated heterocycles. The largest absolute Gasteiger partial charge is 0.464 e. The van der Waals surface area contributed by atoms with Crippen LogP contribution in [0.5, 0.6) is 0 Å². The molecule has 1 aromatic heterocycles. The molecule has 0 spiro atoms. The number of rotatable bonds is 4. The summed E-state index contributed by atoms with van der Waals surface area (Å²) < 4.78 is 19.1. The number of esters is 1. The van der Waals surface area contributed by atoms with Crippen LogP contribution in [0.2, 0.25) is 0 Å². The van der Waals surface area contributed by atoms with E-state index < -0.39 is 5.97 Å². The third-order valence-corrected chi connectivity index (χ3v) is 2.62. The van der Waals surface area contributed by atoms with Crippen LogP contribution >= 0.6 is 0 Å². The van der Waals surface area contributed by atoms with Gasteiger partial charge in [0.1, 0.15) is 18.5 Å². The van der Waals surface area contributed by atoms with Crippen LogP contribution in [0.3, 0.4) is 0 Å². The molecule has 0 fully saturated rings. The Kier molecular flexibility index (Phi) is 4.09. The molecule has 0 unspecified atom stereocenters. The number of aromatic nitrogens is 3. The quantitative estimate of drug-likeness (QED) is 0.681. The molecule has 0 amide bonds. The van der Waals surface area contributed by atoms with Gasteiger partial charge in [-0.1, -0.05) is 6.07 Å². The molecule has 0 bridgehead atoms. The maximum absolute atomic E-state index is 13.2. The molecule has 1 N–H and O–H groups in total. The lowest BCUT2D eigenvalue weighted by atomic mass is 10.2. The summed E-state index contributed by atoms with van der Waals surface area (Å²) in [5.74, 6) is -0.955. The van der Waals surface area contributed by atoms with E-state index in [0.29, 0.717) is 5.69 Å². The predicted octanol–water partition coefficient (Wildman–Crippen LogP) is 1.81. The first-order chi connectivity index (χ1) is 9.61. The molecular weight excluding hydrogens is 263 g/mol. The maximum atomic E-state index is 13.2. The summed E-state index contributed by atoms with van der Waals surface area (Å²) in [7, 11) is 1.26. The number of ether oxygens (including phenoxy) is 1. The second kappa shape index (κ2) is 5.96. The Hall–Kier alpha value is -2.70. The summed E-state index contributed by atoms with van der Waals surface area (Å²) in [5.41, 5.74) is 1.52. The number of nitrogens with zero attached hydrogens (tertiary/aromatic N) is 3. The molecule has 6 nitrogen and oxygen atoms in total. The molecule has 0 radical (unpaired) electrons. The van der Waals surface area contributed by atoms with Crippen molar-refractivity contribution >= 4 is 17.4 Å². The van der Waals surface area contributed by atoms with Crippen LogP contribution in [0.1, 0.15) is 5.56 Å². The zero-order valence-electron chi connectivity index (χ0n) is 11.0. The van der Waals surface area contributed by atoms with Crippen LogP contribution < -0.4 is 5.32 Å². The minimum absolute atomic E-state index is 0.133. The zero-order valence-corrected chi connectivity index (χ0v) is 11.0. The van der Waals surface area contributed by atoms with Crippen molar-refractivity contribution in [2.75, 3.05) is 12.4 Å². The van der Waals surface area contributed by atoms with E-state index in [0.717, 1.165) is 5.56 Å². The fourth-order valence-corrected chi connectivity index (χ4v) is 1.55. The fourth-order valence-electron chi connectivity index (χ4n) is 1.55. The predicted molar refractivity (Wildman–Crippen MR) is 71.1 cm³/mol. The summed E-state index contributed by atoms with van der Waals surface area (Å²) in [4.78, 5) is 15.5. The summed E-state index contributed by atoms with van der Waals surface area (Å²) in [5, 5.41) is 6.73. The number of methoxy groups -OCH3 is 1. The second-order valence-electron chi connectivity index (χ2n) is 3.96. The third-order valence-electron chi connectivity index (χ3n) is 2.62. The first-order valence-corrected chi connectivity index (χ1v) is 5.78. The molecule has 0 aliphatic heterocycles.